The van der Waals surface area contributed by atoms with E-state index in [-0.39, 0.29) is 37.5 Å². The zero-order valence-corrected chi connectivity index (χ0v) is 19.8. The molecule has 1 amide bonds. The quantitative estimate of drug-likeness (QED) is 0.510. The highest BCUT2D eigenvalue weighted by Crippen LogP contribution is 2.36. The molecule has 3 aromatic rings. The van der Waals surface area contributed by atoms with Crippen molar-refractivity contribution in [1.29, 1.82) is 0 Å². The molecule has 37 heavy (non-hydrogen) atoms. The number of carbonyl (C=O) groups excluding carboxylic acids is 1. The van der Waals surface area contributed by atoms with E-state index in [1.807, 2.05) is 0 Å². The van der Waals surface area contributed by atoms with Crippen molar-refractivity contribution >= 4 is 11.9 Å². The molecule has 1 aromatic carbocycles. The van der Waals surface area contributed by atoms with Gasteiger partial charge in [-0.25, -0.2) is 9.78 Å². The number of aromatic carboxylic acids is 1. The first kappa shape index (κ1) is 25.0. The number of carboxylic acid groups (broad SMARTS) is 1. The second-order valence-corrected chi connectivity index (χ2v) is 9.32. The number of aliphatic hydroxyl groups is 1. The highest BCUT2D eigenvalue weighted by Gasteiger charge is 2.48. The Morgan fingerprint density at radius 2 is 1.95 bits per heavy atom. The average Bonchev–Trinajstić information content (AvgIpc) is 3.56. The summed E-state index contributed by atoms with van der Waals surface area (Å²) in [5.74, 6) is -1.32. The van der Waals surface area contributed by atoms with Crippen LogP contribution in [0.1, 0.15) is 34.8 Å². The molecule has 5 rings (SSSR count). The predicted molar refractivity (Wildman–Crippen MR) is 122 cm³/mol. The van der Waals surface area contributed by atoms with Crippen molar-refractivity contribution in [3.63, 3.8) is 0 Å². The van der Waals surface area contributed by atoms with Crippen molar-refractivity contribution < 1.29 is 37.5 Å². The normalized spacial score (nSPS) is 20.5. The number of fused-ring (bicyclic) bond motifs is 1. The van der Waals surface area contributed by atoms with Crippen molar-refractivity contribution in [3.8, 4) is 22.6 Å². The van der Waals surface area contributed by atoms with E-state index in [0.29, 0.717) is 41.4 Å². The summed E-state index contributed by atoms with van der Waals surface area (Å²) < 4.78 is 45.1. The first-order chi connectivity index (χ1) is 17.5. The smallest absolute Gasteiger partial charge is 0.390 e. The van der Waals surface area contributed by atoms with Crippen LogP contribution in [-0.2, 0) is 23.5 Å². The maximum absolute atomic E-state index is 12.7. The molecule has 0 aliphatic carbocycles. The molecule has 0 saturated carbocycles. The summed E-state index contributed by atoms with van der Waals surface area (Å²) in [4.78, 5) is 31.6. The fourth-order valence-electron chi connectivity index (χ4n) is 4.79. The van der Waals surface area contributed by atoms with E-state index in [2.05, 4.69) is 10.1 Å². The van der Waals surface area contributed by atoms with Crippen molar-refractivity contribution in [3.05, 3.63) is 47.5 Å². The van der Waals surface area contributed by atoms with Gasteiger partial charge in [-0.2, -0.15) is 13.2 Å². The topological polar surface area (TPSA) is 125 Å². The minimum atomic E-state index is -4.30. The second kappa shape index (κ2) is 8.99. The number of rotatable bonds is 6. The minimum Gasteiger partial charge on any atom is -0.476 e. The van der Waals surface area contributed by atoms with Crippen LogP contribution in [-0.4, -0.2) is 79.5 Å². The van der Waals surface area contributed by atoms with Gasteiger partial charge in [-0.1, -0.05) is 23.4 Å². The van der Waals surface area contributed by atoms with Crippen molar-refractivity contribution in [2.24, 2.45) is 0 Å². The molecule has 2 aromatic heterocycles. The van der Waals surface area contributed by atoms with E-state index in [9.17, 15) is 33.0 Å². The molecule has 0 bridgehead atoms. The molecule has 1 fully saturated rings. The van der Waals surface area contributed by atoms with E-state index in [1.54, 1.807) is 40.8 Å². The van der Waals surface area contributed by atoms with Gasteiger partial charge in [-0.05, 0) is 6.07 Å². The summed E-state index contributed by atoms with van der Waals surface area (Å²) >= 11 is 0. The summed E-state index contributed by atoms with van der Waals surface area (Å²) in [6, 6.07) is 8.44. The number of aromatic nitrogens is 3. The summed E-state index contributed by atoms with van der Waals surface area (Å²) in [6.07, 6.45) is -5.10. The lowest BCUT2D eigenvalue weighted by molar-refractivity contribution is -0.144. The SMILES string of the molecule is CN1CCC(O)(c2cc(-c3cccc(-c4nc(C(=O)O)c5n4CCN(CCC(F)(F)F)C5)c3)no2)C1=O. The molecule has 13 heteroatoms. The first-order valence-electron chi connectivity index (χ1n) is 11.6. The van der Waals surface area contributed by atoms with Gasteiger partial charge in [0.15, 0.2) is 11.5 Å². The second-order valence-electron chi connectivity index (χ2n) is 9.32. The molecule has 2 aliphatic heterocycles. The number of nitrogens with zero attached hydrogens (tertiary/aromatic N) is 5. The largest absolute Gasteiger partial charge is 0.476 e. The molecule has 2 aliphatic rings. The Kier molecular flexibility index (Phi) is 6.07. The number of amides is 1. The lowest BCUT2D eigenvalue weighted by Gasteiger charge is -2.29. The van der Waals surface area contributed by atoms with Gasteiger partial charge in [0.05, 0.1) is 12.1 Å². The minimum absolute atomic E-state index is 0.0348. The van der Waals surface area contributed by atoms with E-state index < -0.39 is 30.1 Å². The number of halogens is 3. The van der Waals surface area contributed by atoms with E-state index >= 15 is 0 Å². The molecular weight excluding hydrogens is 495 g/mol. The molecule has 1 unspecified atom stereocenters. The van der Waals surface area contributed by atoms with Crippen molar-refractivity contribution in [2.75, 3.05) is 26.7 Å². The highest BCUT2D eigenvalue weighted by atomic mass is 19.4. The number of alkyl halides is 3. The molecular formula is C24H24F3N5O5. The van der Waals surface area contributed by atoms with Crippen LogP contribution in [0.25, 0.3) is 22.6 Å². The first-order valence-corrected chi connectivity index (χ1v) is 11.6. The summed E-state index contributed by atoms with van der Waals surface area (Å²) in [6.45, 7) is 0.796. The van der Waals surface area contributed by atoms with E-state index in [4.69, 9.17) is 4.52 Å². The number of carboxylic acids is 1. The number of benzene rings is 1. The Labute approximate surface area is 208 Å². The van der Waals surface area contributed by atoms with Crippen LogP contribution in [0.5, 0.6) is 0 Å². The number of likely N-dealkylation sites (N-methyl/N-ethyl adjacent to an activating group) is 1. The summed E-state index contributed by atoms with van der Waals surface area (Å²) in [5, 5.41) is 24.5. The molecule has 0 spiro atoms. The number of hydrogen-bond acceptors (Lipinski definition) is 7. The summed E-state index contributed by atoms with van der Waals surface area (Å²) in [7, 11) is 1.59. The van der Waals surface area contributed by atoms with Crippen molar-refractivity contribution in [1.82, 2.24) is 24.5 Å². The fourth-order valence-corrected chi connectivity index (χ4v) is 4.79. The molecule has 4 heterocycles. The van der Waals surface area contributed by atoms with Gasteiger partial charge in [-0.3, -0.25) is 9.69 Å². The number of hydrogen-bond donors (Lipinski definition) is 2. The Bertz CT molecular complexity index is 1370. The van der Waals surface area contributed by atoms with Gasteiger partial charge in [0.1, 0.15) is 11.5 Å². The van der Waals surface area contributed by atoms with Crippen molar-refractivity contribution in [2.45, 2.75) is 37.7 Å². The number of likely N-dealkylation sites (tertiary alicyclic amines) is 1. The zero-order chi connectivity index (χ0) is 26.5. The number of carbonyl (C=O) groups is 2. The van der Waals surface area contributed by atoms with Gasteiger partial charge in [-0.15, -0.1) is 0 Å². The Morgan fingerprint density at radius 3 is 2.62 bits per heavy atom. The third-order valence-electron chi connectivity index (χ3n) is 6.84. The van der Waals surface area contributed by atoms with Gasteiger partial charge >= 0.3 is 12.1 Å². The summed E-state index contributed by atoms with van der Waals surface area (Å²) in [5.41, 5.74) is -0.103. The molecule has 1 saturated heterocycles. The van der Waals surface area contributed by atoms with Crippen LogP contribution in [0.15, 0.2) is 34.9 Å². The Hall–Kier alpha value is -3.71. The number of imidazole rings is 1. The molecule has 196 valence electrons. The van der Waals surface area contributed by atoms with Gasteiger partial charge in [0.2, 0.25) is 5.60 Å². The molecule has 1 atom stereocenters. The van der Waals surface area contributed by atoms with E-state index in [0.717, 1.165) is 0 Å². The monoisotopic (exact) mass is 519 g/mol. The zero-order valence-electron chi connectivity index (χ0n) is 19.8. The lowest BCUT2D eigenvalue weighted by Crippen LogP contribution is -2.36. The van der Waals surface area contributed by atoms with Crippen LogP contribution >= 0.6 is 0 Å². The van der Waals surface area contributed by atoms with Gasteiger partial charge < -0.3 is 24.2 Å². The Morgan fingerprint density at radius 1 is 1.19 bits per heavy atom. The van der Waals surface area contributed by atoms with Gasteiger partial charge in [0.25, 0.3) is 5.91 Å². The standard InChI is InChI=1S/C24H24F3N5O5/c1-30-7-5-23(36,22(30)35)18-12-16(29-37-18)14-3-2-4-15(11-14)20-28-19(21(33)34)17-13-31(9-10-32(17)20)8-6-24(25,26)27/h2-4,11-12,36H,5-10,13H2,1H3,(H,33,34). The molecule has 2 N–H and O–H groups in total. The third kappa shape index (κ3) is 4.60. The lowest BCUT2D eigenvalue weighted by atomic mass is 9.98. The maximum Gasteiger partial charge on any atom is 0.390 e. The average molecular weight is 519 g/mol. The Balaban J connectivity index is 1.45. The van der Waals surface area contributed by atoms with Crippen LogP contribution in [0.4, 0.5) is 13.2 Å². The maximum atomic E-state index is 12.7. The van der Waals surface area contributed by atoms with Gasteiger partial charge in [0, 0.05) is 63.4 Å². The molecule has 10 nitrogen and oxygen atoms in total. The van der Waals surface area contributed by atoms with Crippen LogP contribution in [0.3, 0.4) is 0 Å². The highest BCUT2D eigenvalue weighted by molar-refractivity contribution is 5.89. The van der Waals surface area contributed by atoms with Crippen LogP contribution < -0.4 is 0 Å². The fraction of sp³-hybridized carbons (Fsp3) is 0.417. The van der Waals surface area contributed by atoms with E-state index in [1.165, 1.54) is 11.0 Å². The predicted octanol–water partition coefficient (Wildman–Crippen LogP) is 2.72. The van der Waals surface area contributed by atoms with Crippen LogP contribution in [0.2, 0.25) is 0 Å². The molecule has 0 radical (unpaired) electrons. The third-order valence-corrected chi connectivity index (χ3v) is 6.84. The van der Waals surface area contributed by atoms with Crippen LogP contribution in [0, 0.1) is 0 Å².